The molecule has 0 bridgehead atoms. The number of carbonyl (C=O) groups is 1. The van der Waals surface area contributed by atoms with Crippen molar-refractivity contribution < 1.29 is 14.3 Å². The molecule has 2 aliphatic rings. The van der Waals surface area contributed by atoms with Crippen LogP contribution in [0.4, 0.5) is 0 Å². The maximum atomic E-state index is 12.0. The van der Waals surface area contributed by atoms with Crippen LogP contribution in [0.25, 0.3) is 0 Å². The first-order chi connectivity index (χ1) is 10.7. The third kappa shape index (κ3) is 4.18. The predicted octanol–water partition coefficient (Wildman–Crippen LogP) is 0.828. The number of methoxy groups -OCH3 is 1. The van der Waals surface area contributed by atoms with Crippen molar-refractivity contribution in [2.24, 2.45) is 0 Å². The Morgan fingerprint density at radius 3 is 3.05 bits per heavy atom. The summed E-state index contributed by atoms with van der Waals surface area (Å²) in [5, 5.41) is 3.04. The number of pyridine rings is 1. The minimum atomic E-state index is 0.102. The summed E-state index contributed by atoms with van der Waals surface area (Å²) >= 11 is 0. The van der Waals surface area contributed by atoms with Crippen molar-refractivity contribution in [1.82, 2.24) is 15.2 Å². The first-order valence-electron chi connectivity index (χ1n) is 7.83. The van der Waals surface area contributed by atoms with Crippen LogP contribution >= 0.6 is 0 Å². The average molecular weight is 305 g/mol. The minimum absolute atomic E-state index is 0.102. The highest BCUT2D eigenvalue weighted by Gasteiger charge is 2.34. The second-order valence-corrected chi connectivity index (χ2v) is 6.02. The molecule has 1 aliphatic carbocycles. The summed E-state index contributed by atoms with van der Waals surface area (Å²) in [5.74, 6) is 0.858. The van der Waals surface area contributed by atoms with E-state index < -0.39 is 0 Å². The molecule has 6 nitrogen and oxygen atoms in total. The Morgan fingerprint density at radius 1 is 1.50 bits per heavy atom. The third-order valence-electron chi connectivity index (χ3n) is 4.19. The Balaban J connectivity index is 1.53. The number of nitrogens with one attached hydrogen (secondary N) is 1. The molecule has 0 aromatic carbocycles. The van der Waals surface area contributed by atoms with Gasteiger partial charge in [0.25, 0.3) is 0 Å². The van der Waals surface area contributed by atoms with Gasteiger partial charge in [-0.05, 0) is 31.4 Å². The molecule has 1 amide bonds. The largest absolute Gasteiger partial charge is 0.490 e. The highest BCUT2D eigenvalue weighted by Crippen LogP contribution is 2.22. The number of ether oxygens (including phenoxy) is 2. The molecule has 1 aliphatic heterocycles. The first kappa shape index (κ1) is 15.2. The summed E-state index contributed by atoms with van der Waals surface area (Å²) in [6.07, 6.45) is 6.69. The van der Waals surface area contributed by atoms with E-state index in [2.05, 4.69) is 15.2 Å². The van der Waals surface area contributed by atoms with Gasteiger partial charge in [-0.3, -0.25) is 14.7 Å². The van der Waals surface area contributed by atoms with E-state index >= 15 is 0 Å². The first-order valence-corrected chi connectivity index (χ1v) is 7.83. The highest BCUT2D eigenvalue weighted by atomic mass is 16.5. The van der Waals surface area contributed by atoms with Crippen molar-refractivity contribution in [1.29, 1.82) is 0 Å². The second kappa shape index (κ2) is 7.07. The van der Waals surface area contributed by atoms with E-state index in [0.29, 0.717) is 19.2 Å². The van der Waals surface area contributed by atoms with Gasteiger partial charge in [0.15, 0.2) is 0 Å². The summed E-state index contributed by atoms with van der Waals surface area (Å²) in [5.41, 5.74) is 0. The van der Waals surface area contributed by atoms with E-state index in [1.54, 1.807) is 19.5 Å². The van der Waals surface area contributed by atoms with Crippen LogP contribution in [0.3, 0.4) is 0 Å². The smallest absolute Gasteiger partial charge is 0.234 e. The zero-order valence-electron chi connectivity index (χ0n) is 12.9. The quantitative estimate of drug-likeness (QED) is 0.808. The molecule has 2 atom stereocenters. The fraction of sp³-hybridized carbons (Fsp3) is 0.625. The number of hydrogen-bond acceptors (Lipinski definition) is 5. The number of likely N-dealkylation sites (tertiary alicyclic amines) is 1. The molecule has 6 heteroatoms. The molecule has 2 heterocycles. The average Bonchev–Trinajstić information content (AvgIpc) is 3.25. The van der Waals surface area contributed by atoms with Crippen molar-refractivity contribution in [2.45, 2.75) is 37.5 Å². The zero-order chi connectivity index (χ0) is 15.4. The lowest BCUT2D eigenvalue weighted by molar-refractivity contribution is -0.122. The molecule has 1 aromatic heterocycles. The van der Waals surface area contributed by atoms with Crippen LogP contribution < -0.4 is 10.1 Å². The standard InChI is InChI=1S/C16H23N3O3/c1-21-15-7-13(11-22-14-3-2-6-17-8-14)19(9-15)10-16(20)18-12-4-5-12/h2-3,6,8,12-13,15H,4-5,7,9-11H2,1H3,(H,18,20)/t13-,15+/m0/s1. The molecule has 1 aromatic rings. The number of carbonyl (C=O) groups excluding carboxylic acids is 1. The molecule has 0 spiro atoms. The second-order valence-electron chi connectivity index (χ2n) is 6.02. The van der Waals surface area contributed by atoms with Gasteiger partial charge in [-0.15, -0.1) is 0 Å². The predicted molar refractivity (Wildman–Crippen MR) is 81.7 cm³/mol. The van der Waals surface area contributed by atoms with Crippen LogP contribution in [-0.2, 0) is 9.53 Å². The Morgan fingerprint density at radius 2 is 2.36 bits per heavy atom. The van der Waals surface area contributed by atoms with Gasteiger partial charge in [0.2, 0.25) is 5.91 Å². The number of rotatable bonds is 7. The number of nitrogens with zero attached hydrogens (tertiary/aromatic N) is 2. The van der Waals surface area contributed by atoms with Crippen LogP contribution in [0.1, 0.15) is 19.3 Å². The van der Waals surface area contributed by atoms with Crippen molar-refractivity contribution in [3.63, 3.8) is 0 Å². The van der Waals surface area contributed by atoms with Gasteiger partial charge in [-0.1, -0.05) is 0 Å². The third-order valence-corrected chi connectivity index (χ3v) is 4.19. The molecule has 1 saturated heterocycles. The van der Waals surface area contributed by atoms with E-state index in [4.69, 9.17) is 9.47 Å². The molecule has 22 heavy (non-hydrogen) atoms. The summed E-state index contributed by atoms with van der Waals surface area (Å²) in [6.45, 7) is 1.73. The van der Waals surface area contributed by atoms with Crippen molar-refractivity contribution in [3.8, 4) is 5.75 Å². The molecule has 0 unspecified atom stereocenters. The van der Waals surface area contributed by atoms with Crippen LogP contribution in [0.5, 0.6) is 5.75 Å². The Labute approximate surface area is 130 Å². The lowest BCUT2D eigenvalue weighted by atomic mass is 10.2. The van der Waals surface area contributed by atoms with Crippen LogP contribution in [-0.4, -0.2) is 60.8 Å². The van der Waals surface area contributed by atoms with Gasteiger partial charge < -0.3 is 14.8 Å². The molecule has 0 radical (unpaired) electrons. The highest BCUT2D eigenvalue weighted by molar-refractivity contribution is 5.78. The molecular formula is C16H23N3O3. The van der Waals surface area contributed by atoms with E-state index in [-0.39, 0.29) is 18.1 Å². The summed E-state index contributed by atoms with van der Waals surface area (Å²) < 4.78 is 11.3. The molecule has 120 valence electrons. The van der Waals surface area contributed by atoms with E-state index in [9.17, 15) is 4.79 Å². The fourth-order valence-electron chi connectivity index (χ4n) is 2.79. The van der Waals surface area contributed by atoms with Gasteiger partial charge in [0, 0.05) is 31.9 Å². The van der Waals surface area contributed by atoms with Gasteiger partial charge >= 0.3 is 0 Å². The molecule has 3 rings (SSSR count). The number of amides is 1. The van der Waals surface area contributed by atoms with Crippen LogP contribution in [0.2, 0.25) is 0 Å². The van der Waals surface area contributed by atoms with Crippen molar-refractivity contribution in [2.75, 3.05) is 26.8 Å². The summed E-state index contributed by atoms with van der Waals surface area (Å²) in [4.78, 5) is 18.2. The Kier molecular flexibility index (Phi) is 4.90. The van der Waals surface area contributed by atoms with Crippen LogP contribution in [0, 0.1) is 0 Å². The lowest BCUT2D eigenvalue weighted by Gasteiger charge is -2.23. The van der Waals surface area contributed by atoms with Crippen molar-refractivity contribution in [3.05, 3.63) is 24.5 Å². The molecule has 1 saturated carbocycles. The molecular weight excluding hydrogens is 282 g/mol. The van der Waals surface area contributed by atoms with Gasteiger partial charge in [0.05, 0.1) is 18.8 Å². The zero-order valence-corrected chi connectivity index (χ0v) is 12.9. The van der Waals surface area contributed by atoms with Crippen molar-refractivity contribution >= 4 is 5.91 Å². The SMILES string of the molecule is CO[C@@H]1C[C@@H](COc2cccnc2)N(CC(=O)NC2CC2)C1. The Hall–Kier alpha value is -1.66. The lowest BCUT2D eigenvalue weighted by Crippen LogP contribution is -2.42. The fourth-order valence-corrected chi connectivity index (χ4v) is 2.79. The maximum absolute atomic E-state index is 12.0. The maximum Gasteiger partial charge on any atom is 0.234 e. The number of hydrogen-bond donors (Lipinski definition) is 1. The normalized spacial score (nSPS) is 25.1. The number of aromatic nitrogens is 1. The summed E-state index contributed by atoms with van der Waals surface area (Å²) in [7, 11) is 1.72. The monoisotopic (exact) mass is 305 g/mol. The Bertz CT molecular complexity index is 493. The molecule has 2 fully saturated rings. The van der Waals surface area contributed by atoms with Crippen LogP contribution in [0.15, 0.2) is 24.5 Å². The summed E-state index contributed by atoms with van der Waals surface area (Å²) in [6, 6.07) is 4.33. The minimum Gasteiger partial charge on any atom is -0.490 e. The van der Waals surface area contributed by atoms with E-state index in [1.165, 1.54) is 0 Å². The topological polar surface area (TPSA) is 63.7 Å². The van der Waals surface area contributed by atoms with Gasteiger partial charge in [-0.25, -0.2) is 0 Å². The van der Waals surface area contributed by atoms with E-state index in [0.717, 1.165) is 31.6 Å². The molecule has 1 N–H and O–H groups in total. The van der Waals surface area contributed by atoms with Gasteiger partial charge in [-0.2, -0.15) is 0 Å². The van der Waals surface area contributed by atoms with E-state index in [1.807, 2.05) is 12.1 Å². The van der Waals surface area contributed by atoms with Gasteiger partial charge in [0.1, 0.15) is 12.4 Å².